The molecule has 1 atom stereocenters. The highest BCUT2D eigenvalue weighted by Gasteiger charge is 2.23. The number of amides is 1. The van der Waals surface area contributed by atoms with Crippen molar-refractivity contribution in [3.8, 4) is 0 Å². The van der Waals surface area contributed by atoms with Crippen LogP contribution in [0.5, 0.6) is 0 Å². The molecule has 2 aromatic rings. The van der Waals surface area contributed by atoms with Gasteiger partial charge in [0, 0.05) is 11.4 Å². The van der Waals surface area contributed by atoms with Crippen molar-refractivity contribution in [2.24, 2.45) is 0 Å². The van der Waals surface area contributed by atoms with Crippen molar-refractivity contribution in [1.29, 1.82) is 0 Å². The van der Waals surface area contributed by atoms with Crippen LogP contribution in [0.1, 0.15) is 17.2 Å². The highest BCUT2D eigenvalue weighted by atomic mass is 16.5. The summed E-state index contributed by atoms with van der Waals surface area (Å²) in [5, 5.41) is 6.34. The van der Waals surface area contributed by atoms with Crippen molar-refractivity contribution in [1.82, 2.24) is 5.32 Å². The molecule has 1 unspecified atom stereocenters. The van der Waals surface area contributed by atoms with Crippen LogP contribution in [-0.4, -0.2) is 13.2 Å². The van der Waals surface area contributed by atoms with Crippen molar-refractivity contribution in [2.75, 3.05) is 12.4 Å². The third kappa shape index (κ3) is 2.32. The fraction of sp³-hybridized carbons (Fsp3) is 0.188. The number of hydrogen-bond acceptors (Lipinski definition) is 3. The molecule has 0 bridgehead atoms. The molecule has 1 aliphatic heterocycles. The fourth-order valence-corrected chi connectivity index (χ4v) is 2.54. The lowest BCUT2D eigenvalue weighted by molar-refractivity contribution is 0.166. The Balaban J connectivity index is 2.03. The Labute approximate surface area is 117 Å². The summed E-state index contributed by atoms with van der Waals surface area (Å²) in [4.78, 5) is 11.6. The zero-order valence-corrected chi connectivity index (χ0v) is 11.2. The molecular weight excluding hydrogens is 252 g/mol. The largest absolute Gasteiger partial charge is 0.453 e. The molecule has 102 valence electrons. The van der Waals surface area contributed by atoms with E-state index in [1.165, 1.54) is 12.7 Å². The van der Waals surface area contributed by atoms with Crippen molar-refractivity contribution in [2.45, 2.75) is 12.5 Å². The molecule has 0 radical (unpaired) electrons. The molecule has 1 heterocycles. The van der Waals surface area contributed by atoms with Crippen LogP contribution in [0.2, 0.25) is 0 Å². The number of nitrogens with one attached hydrogen (secondary N) is 2. The van der Waals surface area contributed by atoms with Crippen LogP contribution in [0.3, 0.4) is 0 Å². The van der Waals surface area contributed by atoms with Crippen LogP contribution in [-0.2, 0) is 11.2 Å². The van der Waals surface area contributed by atoms with E-state index in [2.05, 4.69) is 16.7 Å². The molecular formula is C16H16N2O2. The maximum atomic E-state index is 11.6. The van der Waals surface area contributed by atoms with Gasteiger partial charge in [0.1, 0.15) is 0 Å². The van der Waals surface area contributed by atoms with Crippen LogP contribution in [0, 0.1) is 0 Å². The van der Waals surface area contributed by atoms with Crippen molar-refractivity contribution < 1.29 is 9.53 Å². The highest BCUT2D eigenvalue weighted by Crippen LogP contribution is 2.34. The predicted molar refractivity (Wildman–Crippen MR) is 78.2 cm³/mol. The van der Waals surface area contributed by atoms with Crippen molar-refractivity contribution in [3.05, 3.63) is 59.7 Å². The maximum absolute atomic E-state index is 11.6. The second-order valence-corrected chi connectivity index (χ2v) is 4.76. The van der Waals surface area contributed by atoms with E-state index < -0.39 is 6.09 Å². The lowest BCUT2D eigenvalue weighted by Crippen LogP contribution is -2.29. The zero-order valence-electron chi connectivity index (χ0n) is 11.2. The van der Waals surface area contributed by atoms with Gasteiger partial charge in [-0.15, -0.1) is 0 Å². The topological polar surface area (TPSA) is 50.4 Å². The van der Waals surface area contributed by atoms with Gasteiger partial charge in [0.25, 0.3) is 0 Å². The molecule has 1 amide bonds. The molecule has 4 heteroatoms. The molecule has 2 aromatic carbocycles. The van der Waals surface area contributed by atoms with Crippen LogP contribution in [0.15, 0.2) is 48.5 Å². The summed E-state index contributed by atoms with van der Waals surface area (Å²) in [5.41, 5.74) is 4.33. The summed E-state index contributed by atoms with van der Waals surface area (Å²) in [7, 11) is 1.38. The van der Waals surface area contributed by atoms with Gasteiger partial charge < -0.3 is 15.4 Å². The monoisotopic (exact) mass is 268 g/mol. The van der Waals surface area contributed by atoms with Crippen molar-refractivity contribution in [3.63, 3.8) is 0 Å². The van der Waals surface area contributed by atoms with Gasteiger partial charge in [0.2, 0.25) is 0 Å². The Morgan fingerprint density at radius 1 is 1.15 bits per heavy atom. The molecule has 0 saturated heterocycles. The Morgan fingerprint density at radius 2 is 1.85 bits per heavy atom. The summed E-state index contributed by atoms with van der Waals surface area (Å²) < 4.78 is 4.73. The van der Waals surface area contributed by atoms with E-state index in [0.717, 1.165) is 23.4 Å². The highest BCUT2D eigenvalue weighted by molar-refractivity contribution is 5.72. The average molecular weight is 268 g/mol. The molecule has 0 saturated carbocycles. The lowest BCUT2D eigenvalue weighted by atomic mass is 9.99. The SMILES string of the molecule is COC(=O)NC1Cc2ccccc2Nc2ccccc21. The van der Waals surface area contributed by atoms with E-state index in [1.807, 2.05) is 42.5 Å². The molecule has 4 nitrogen and oxygen atoms in total. The number of alkyl carbamates (subject to hydrolysis) is 1. The van der Waals surface area contributed by atoms with Crippen molar-refractivity contribution >= 4 is 17.5 Å². The second kappa shape index (κ2) is 5.25. The quantitative estimate of drug-likeness (QED) is 0.833. The third-order valence-corrected chi connectivity index (χ3v) is 3.52. The third-order valence-electron chi connectivity index (χ3n) is 3.52. The minimum Gasteiger partial charge on any atom is -0.453 e. The second-order valence-electron chi connectivity index (χ2n) is 4.76. The first kappa shape index (κ1) is 12.5. The van der Waals surface area contributed by atoms with Crippen LogP contribution < -0.4 is 10.6 Å². The number of anilines is 2. The Bertz CT molecular complexity index is 640. The number of rotatable bonds is 1. The van der Waals surface area contributed by atoms with Gasteiger partial charge in [-0.25, -0.2) is 4.79 Å². The van der Waals surface area contributed by atoms with Gasteiger partial charge in [-0.3, -0.25) is 0 Å². The lowest BCUT2D eigenvalue weighted by Gasteiger charge is -2.18. The molecule has 3 rings (SSSR count). The molecule has 0 aromatic heterocycles. The van der Waals surface area contributed by atoms with E-state index >= 15 is 0 Å². The molecule has 1 aliphatic rings. The minimum absolute atomic E-state index is 0.102. The van der Waals surface area contributed by atoms with Crippen LogP contribution in [0.25, 0.3) is 0 Å². The number of para-hydroxylation sites is 2. The Morgan fingerprint density at radius 3 is 2.65 bits per heavy atom. The average Bonchev–Trinajstić information content (AvgIpc) is 2.63. The van der Waals surface area contributed by atoms with Gasteiger partial charge in [0.15, 0.2) is 0 Å². The number of methoxy groups -OCH3 is 1. The van der Waals surface area contributed by atoms with E-state index in [0.29, 0.717) is 0 Å². The van der Waals surface area contributed by atoms with Crippen LogP contribution in [0.4, 0.5) is 16.2 Å². The fourth-order valence-electron chi connectivity index (χ4n) is 2.54. The minimum atomic E-state index is -0.413. The Kier molecular flexibility index (Phi) is 3.29. The predicted octanol–water partition coefficient (Wildman–Crippen LogP) is 3.38. The van der Waals surface area contributed by atoms with E-state index in [9.17, 15) is 4.79 Å². The Hall–Kier alpha value is -2.49. The number of carbonyl (C=O) groups excluding carboxylic acids is 1. The molecule has 2 N–H and O–H groups in total. The molecule has 0 spiro atoms. The number of fused-ring (bicyclic) bond motifs is 2. The smallest absolute Gasteiger partial charge is 0.407 e. The first-order valence-electron chi connectivity index (χ1n) is 6.56. The van der Waals surface area contributed by atoms with Gasteiger partial charge >= 0.3 is 6.09 Å². The molecule has 0 fully saturated rings. The van der Waals surface area contributed by atoms with Gasteiger partial charge in [0.05, 0.1) is 13.2 Å². The van der Waals surface area contributed by atoms with Gasteiger partial charge in [-0.1, -0.05) is 36.4 Å². The number of hydrogen-bond donors (Lipinski definition) is 2. The summed E-state index contributed by atoms with van der Waals surface area (Å²) in [6, 6.07) is 16.0. The molecule has 20 heavy (non-hydrogen) atoms. The number of ether oxygens (including phenoxy) is 1. The van der Waals surface area contributed by atoms with Gasteiger partial charge in [-0.2, -0.15) is 0 Å². The van der Waals surface area contributed by atoms with Crippen LogP contribution >= 0.6 is 0 Å². The first-order chi connectivity index (χ1) is 9.78. The first-order valence-corrected chi connectivity index (χ1v) is 6.56. The standard InChI is InChI=1S/C16H16N2O2/c1-20-16(19)18-15-10-11-6-2-4-8-13(11)17-14-9-5-3-7-12(14)15/h2-9,15,17H,10H2,1H3,(H,18,19). The van der Waals surface area contributed by atoms with Gasteiger partial charge in [-0.05, 0) is 29.7 Å². The maximum Gasteiger partial charge on any atom is 0.407 e. The van der Waals surface area contributed by atoms with E-state index in [1.54, 1.807) is 0 Å². The summed E-state index contributed by atoms with van der Waals surface area (Å²) in [6.45, 7) is 0. The summed E-state index contributed by atoms with van der Waals surface area (Å²) in [5.74, 6) is 0. The number of benzene rings is 2. The molecule has 0 aliphatic carbocycles. The summed E-state index contributed by atoms with van der Waals surface area (Å²) in [6.07, 6.45) is 0.319. The van der Waals surface area contributed by atoms with E-state index in [-0.39, 0.29) is 6.04 Å². The number of carbonyl (C=O) groups is 1. The zero-order chi connectivity index (χ0) is 13.9. The summed E-state index contributed by atoms with van der Waals surface area (Å²) >= 11 is 0. The van der Waals surface area contributed by atoms with E-state index in [4.69, 9.17) is 4.74 Å². The normalized spacial score (nSPS) is 16.1.